The van der Waals surface area contributed by atoms with Crippen LogP contribution in [0.15, 0.2) is 24.3 Å². The van der Waals surface area contributed by atoms with Gasteiger partial charge in [-0.2, -0.15) is 0 Å². The van der Waals surface area contributed by atoms with Gasteiger partial charge >= 0.3 is 0 Å². The molecule has 4 rings (SSSR count). The zero-order valence-corrected chi connectivity index (χ0v) is 10.6. The summed E-state index contributed by atoms with van der Waals surface area (Å²) in [7, 11) is 0. The Balaban J connectivity index is 1.78. The second kappa shape index (κ2) is 3.69. The second-order valence-electron chi connectivity index (χ2n) is 5.48. The van der Waals surface area contributed by atoms with E-state index in [1.807, 2.05) is 0 Å². The molecule has 0 atom stereocenters. The highest BCUT2D eigenvalue weighted by Crippen LogP contribution is 2.32. The fourth-order valence-corrected chi connectivity index (χ4v) is 2.70. The summed E-state index contributed by atoms with van der Waals surface area (Å²) >= 11 is 0. The Morgan fingerprint density at radius 3 is 3.00 bits per heavy atom. The number of hydrazine groups is 1. The third-order valence-corrected chi connectivity index (χ3v) is 3.91. The minimum absolute atomic E-state index is 0.744. The average Bonchev–Trinajstić information content (AvgIpc) is 3.20. The number of rotatable bonds is 1. The third kappa shape index (κ3) is 1.66. The molecule has 92 valence electrons. The summed E-state index contributed by atoms with van der Waals surface area (Å²) < 4.78 is 0. The van der Waals surface area contributed by atoms with E-state index in [4.69, 9.17) is 4.98 Å². The number of benzene rings is 1. The highest BCUT2D eigenvalue weighted by atomic mass is 15.5. The van der Waals surface area contributed by atoms with Crippen LogP contribution in [0.3, 0.4) is 0 Å². The van der Waals surface area contributed by atoms with E-state index in [1.165, 1.54) is 29.4 Å². The number of aromatic nitrogens is 1. The number of nitrogens with zero attached hydrogens (tertiary/aromatic N) is 2. The summed E-state index contributed by atoms with van der Waals surface area (Å²) in [5, 5.41) is 3.61. The van der Waals surface area contributed by atoms with Crippen LogP contribution in [-0.2, 0) is 6.42 Å². The van der Waals surface area contributed by atoms with Crippen LogP contribution in [0.1, 0.15) is 24.0 Å². The van der Waals surface area contributed by atoms with Crippen LogP contribution < -0.4 is 5.43 Å². The normalized spacial score (nSPS) is 19.6. The summed E-state index contributed by atoms with van der Waals surface area (Å²) in [5.41, 5.74) is 7.21. The predicted octanol–water partition coefficient (Wildman–Crippen LogP) is 2.89. The smallest absolute Gasteiger partial charge is 0.144 e. The zero-order valence-electron chi connectivity index (χ0n) is 10.6. The second-order valence-corrected chi connectivity index (χ2v) is 5.48. The summed E-state index contributed by atoms with van der Waals surface area (Å²) in [6.45, 7) is 3.22. The summed E-state index contributed by atoms with van der Waals surface area (Å²) in [6, 6.07) is 9.52. The summed E-state index contributed by atoms with van der Waals surface area (Å²) in [6.07, 6.45) is 3.76. The van der Waals surface area contributed by atoms with Gasteiger partial charge in [-0.1, -0.05) is 12.1 Å². The van der Waals surface area contributed by atoms with Gasteiger partial charge in [0, 0.05) is 18.0 Å². The summed E-state index contributed by atoms with van der Waals surface area (Å²) in [4.78, 5) is 4.78. The van der Waals surface area contributed by atoms with Crippen molar-refractivity contribution in [1.82, 2.24) is 9.99 Å². The van der Waals surface area contributed by atoms with Crippen molar-refractivity contribution in [2.75, 3.05) is 12.0 Å². The summed E-state index contributed by atoms with van der Waals surface area (Å²) in [5.74, 6) is 1.06. The minimum Gasteiger partial charge on any atom is -0.303 e. The molecule has 0 radical (unpaired) electrons. The maximum atomic E-state index is 4.78. The van der Waals surface area contributed by atoms with Gasteiger partial charge in [0.1, 0.15) is 5.82 Å². The average molecular weight is 239 g/mol. The molecule has 3 heteroatoms. The predicted molar refractivity (Wildman–Crippen MR) is 73.5 cm³/mol. The van der Waals surface area contributed by atoms with Crippen LogP contribution in [0.5, 0.6) is 0 Å². The maximum Gasteiger partial charge on any atom is 0.144 e. The molecule has 1 saturated carbocycles. The molecule has 1 aromatic carbocycles. The first-order valence-corrected chi connectivity index (χ1v) is 6.73. The van der Waals surface area contributed by atoms with Crippen LogP contribution in [0.2, 0.25) is 0 Å². The molecule has 1 aromatic heterocycles. The Bertz CT molecular complexity index is 616. The Morgan fingerprint density at radius 1 is 1.28 bits per heavy atom. The lowest BCUT2D eigenvalue weighted by atomic mass is 10.1. The van der Waals surface area contributed by atoms with E-state index in [0.717, 1.165) is 30.3 Å². The van der Waals surface area contributed by atoms with E-state index in [0.29, 0.717) is 0 Å². The number of fused-ring (bicyclic) bond motifs is 2. The zero-order chi connectivity index (χ0) is 12.1. The van der Waals surface area contributed by atoms with Crippen LogP contribution in [0.4, 0.5) is 5.82 Å². The first kappa shape index (κ1) is 10.3. The molecule has 1 N–H and O–H groups in total. The van der Waals surface area contributed by atoms with Crippen LogP contribution >= 0.6 is 0 Å². The maximum absolute atomic E-state index is 4.78. The van der Waals surface area contributed by atoms with Crippen LogP contribution in [0, 0.1) is 6.92 Å². The molecule has 18 heavy (non-hydrogen) atoms. The molecular weight excluding hydrogens is 222 g/mol. The fraction of sp³-hybridized carbons (Fsp3) is 0.400. The van der Waals surface area contributed by atoms with Gasteiger partial charge < -0.3 is 5.43 Å². The van der Waals surface area contributed by atoms with Crippen LogP contribution in [0.25, 0.3) is 10.9 Å². The van der Waals surface area contributed by atoms with Crippen molar-refractivity contribution >= 4 is 16.7 Å². The fourth-order valence-electron chi connectivity index (χ4n) is 2.70. The first-order chi connectivity index (χ1) is 8.79. The highest BCUT2D eigenvalue weighted by molar-refractivity contribution is 5.82. The van der Waals surface area contributed by atoms with Gasteiger partial charge in [-0.05, 0) is 49.4 Å². The Kier molecular flexibility index (Phi) is 2.12. The third-order valence-electron chi connectivity index (χ3n) is 3.91. The van der Waals surface area contributed by atoms with Gasteiger partial charge in [0.05, 0.1) is 5.52 Å². The minimum atomic E-state index is 0.744. The molecule has 1 fully saturated rings. The highest BCUT2D eigenvalue weighted by Gasteiger charge is 2.31. The van der Waals surface area contributed by atoms with Crippen LogP contribution in [-0.4, -0.2) is 22.6 Å². The van der Waals surface area contributed by atoms with Crippen molar-refractivity contribution in [3.05, 3.63) is 35.4 Å². The number of aryl methyl sites for hydroxylation is 1. The van der Waals surface area contributed by atoms with Crippen molar-refractivity contribution in [2.24, 2.45) is 0 Å². The van der Waals surface area contributed by atoms with Gasteiger partial charge in [0.25, 0.3) is 0 Å². The topological polar surface area (TPSA) is 28.2 Å². The lowest BCUT2D eigenvalue weighted by molar-refractivity contribution is 0.310. The number of anilines is 1. The lowest BCUT2D eigenvalue weighted by Gasteiger charge is -2.29. The van der Waals surface area contributed by atoms with Gasteiger partial charge in [-0.25, -0.2) is 9.99 Å². The van der Waals surface area contributed by atoms with Crippen molar-refractivity contribution in [3.63, 3.8) is 0 Å². The van der Waals surface area contributed by atoms with E-state index < -0.39 is 0 Å². The molecule has 2 heterocycles. The molecule has 0 bridgehead atoms. The number of hydrogen-bond donors (Lipinski definition) is 1. The number of hydrogen-bond acceptors (Lipinski definition) is 3. The molecule has 0 unspecified atom stereocenters. The largest absolute Gasteiger partial charge is 0.303 e. The molecule has 2 aromatic rings. The van der Waals surface area contributed by atoms with Gasteiger partial charge in [-0.3, -0.25) is 0 Å². The van der Waals surface area contributed by atoms with Crippen molar-refractivity contribution in [3.8, 4) is 0 Å². The van der Waals surface area contributed by atoms with Gasteiger partial charge in [0.2, 0.25) is 0 Å². The lowest BCUT2D eigenvalue weighted by Crippen LogP contribution is -2.38. The first-order valence-electron chi connectivity index (χ1n) is 6.73. The van der Waals surface area contributed by atoms with Crippen molar-refractivity contribution < 1.29 is 0 Å². The molecule has 0 amide bonds. The monoisotopic (exact) mass is 239 g/mol. The molecule has 2 aliphatic rings. The molecule has 0 spiro atoms. The van der Waals surface area contributed by atoms with E-state index in [2.05, 4.69) is 41.6 Å². The Labute approximate surface area is 107 Å². The molecule has 1 aliphatic carbocycles. The van der Waals surface area contributed by atoms with E-state index in [1.54, 1.807) is 0 Å². The van der Waals surface area contributed by atoms with Gasteiger partial charge in [-0.15, -0.1) is 0 Å². The van der Waals surface area contributed by atoms with E-state index in [-0.39, 0.29) is 0 Å². The Morgan fingerprint density at radius 2 is 2.17 bits per heavy atom. The van der Waals surface area contributed by atoms with Crippen molar-refractivity contribution in [2.45, 2.75) is 32.2 Å². The van der Waals surface area contributed by atoms with E-state index >= 15 is 0 Å². The van der Waals surface area contributed by atoms with Gasteiger partial charge in [0.15, 0.2) is 0 Å². The van der Waals surface area contributed by atoms with Crippen molar-refractivity contribution in [1.29, 1.82) is 0 Å². The van der Waals surface area contributed by atoms with E-state index in [9.17, 15) is 0 Å². The molecular formula is C15H17N3. The number of pyridine rings is 1. The number of nitrogens with one attached hydrogen (secondary N) is 1. The molecule has 0 saturated heterocycles. The molecule has 1 aliphatic heterocycles. The Hall–Kier alpha value is -1.61. The quantitative estimate of drug-likeness (QED) is 0.829. The standard InChI is InChI=1S/C15H17N3/c1-10-2-3-11-9-12-6-7-18(13-4-5-13)17-15(12)16-14(11)8-10/h2-3,8-9,13H,4-7H2,1H3,(H,16,17). The SMILES string of the molecule is Cc1ccc2cc3c(nc2c1)NN(C1CC1)CC3. The molecule has 3 nitrogen and oxygen atoms in total.